The third-order valence-electron chi connectivity index (χ3n) is 5.41. The highest BCUT2D eigenvalue weighted by Gasteiger charge is 2.55. The number of phenols is 1. The molecule has 4 rings (SSSR count). The first-order valence-electron chi connectivity index (χ1n) is 9.63. The number of phenolic OH excluding ortho intramolecular Hbond substituents is 1. The molecule has 3 aromatic rings. The number of methoxy groups -OCH3 is 1. The van der Waals surface area contributed by atoms with E-state index in [9.17, 15) is 9.90 Å². The zero-order valence-electron chi connectivity index (χ0n) is 16.7. The van der Waals surface area contributed by atoms with E-state index in [2.05, 4.69) is 4.99 Å². The maximum Gasteiger partial charge on any atom is 0.341 e. The molecule has 0 amide bonds. The van der Waals surface area contributed by atoms with Gasteiger partial charge in [0.05, 0.1) is 19.5 Å². The molecular formula is C24H20Cl2N2O3. The van der Waals surface area contributed by atoms with Crippen LogP contribution in [0.15, 0.2) is 77.8 Å². The fraction of sp³-hybridized carbons (Fsp3) is 0.167. The lowest BCUT2D eigenvalue weighted by atomic mass is 9.79. The average molecular weight is 455 g/mol. The van der Waals surface area contributed by atoms with Crippen molar-refractivity contribution in [1.82, 2.24) is 4.90 Å². The van der Waals surface area contributed by atoms with Gasteiger partial charge in [-0.1, -0.05) is 71.7 Å². The van der Waals surface area contributed by atoms with Crippen LogP contribution in [0.1, 0.15) is 22.7 Å². The number of hydrogen-bond acceptors (Lipinski definition) is 5. The Morgan fingerprint density at radius 2 is 1.74 bits per heavy atom. The molecule has 1 heterocycles. The third kappa shape index (κ3) is 3.87. The van der Waals surface area contributed by atoms with Crippen molar-refractivity contribution in [3.05, 3.63) is 99.5 Å². The molecule has 1 aliphatic rings. The first-order valence-corrected chi connectivity index (χ1v) is 10.4. The van der Waals surface area contributed by atoms with Crippen molar-refractivity contribution in [2.75, 3.05) is 7.11 Å². The van der Waals surface area contributed by atoms with Crippen LogP contribution in [0.3, 0.4) is 0 Å². The molecule has 0 aliphatic carbocycles. The minimum atomic E-state index is -1.40. The standard InChI is InChI=1S/C24H20Cl2N2O3/c1-31-23(30)24(17-5-3-2-4-6-17)22(20-12-11-19(26)13-21(20)29)28(15-27-24)14-16-7-9-18(25)10-8-16/h2-13,15,22,29H,14H2,1H3/t22-,24+/m0/s1. The van der Waals surface area contributed by atoms with E-state index in [1.165, 1.54) is 13.2 Å². The Morgan fingerprint density at radius 1 is 1.06 bits per heavy atom. The van der Waals surface area contributed by atoms with Crippen LogP contribution in [0.5, 0.6) is 5.75 Å². The predicted molar refractivity (Wildman–Crippen MR) is 121 cm³/mol. The van der Waals surface area contributed by atoms with Crippen LogP contribution in [-0.2, 0) is 21.6 Å². The van der Waals surface area contributed by atoms with Crippen LogP contribution in [0.2, 0.25) is 10.0 Å². The molecule has 0 saturated heterocycles. The van der Waals surface area contributed by atoms with Crippen LogP contribution in [0, 0.1) is 0 Å². The van der Waals surface area contributed by atoms with Crippen molar-refractivity contribution >= 4 is 35.5 Å². The Hall–Kier alpha value is -3.02. The van der Waals surface area contributed by atoms with E-state index >= 15 is 0 Å². The summed E-state index contributed by atoms with van der Waals surface area (Å²) in [6.45, 7) is 0.443. The van der Waals surface area contributed by atoms with E-state index in [-0.39, 0.29) is 5.75 Å². The number of benzene rings is 3. The van der Waals surface area contributed by atoms with Gasteiger partial charge in [0.25, 0.3) is 0 Å². The summed E-state index contributed by atoms with van der Waals surface area (Å²) in [6, 6.07) is 20.9. The maximum atomic E-state index is 13.3. The molecule has 5 nitrogen and oxygen atoms in total. The van der Waals surface area contributed by atoms with Crippen LogP contribution in [-0.4, -0.2) is 29.4 Å². The van der Waals surface area contributed by atoms with Gasteiger partial charge in [-0.05, 0) is 35.4 Å². The number of halogens is 2. The van der Waals surface area contributed by atoms with Gasteiger partial charge in [0.1, 0.15) is 5.75 Å². The van der Waals surface area contributed by atoms with Crippen LogP contribution >= 0.6 is 23.2 Å². The molecule has 0 bridgehead atoms. The summed E-state index contributed by atoms with van der Waals surface area (Å²) in [5.41, 5.74) is 0.762. The van der Waals surface area contributed by atoms with Gasteiger partial charge in [-0.2, -0.15) is 0 Å². The average Bonchev–Trinajstić information content (AvgIpc) is 3.15. The monoisotopic (exact) mass is 454 g/mol. The molecule has 2 atom stereocenters. The molecule has 1 N–H and O–H groups in total. The summed E-state index contributed by atoms with van der Waals surface area (Å²) in [5, 5.41) is 11.8. The zero-order valence-corrected chi connectivity index (χ0v) is 18.2. The lowest BCUT2D eigenvalue weighted by molar-refractivity contribution is -0.149. The predicted octanol–water partition coefficient (Wildman–Crippen LogP) is 5.35. The van der Waals surface area contributed by atoms with Crippen LogP contribution in [0.4, 0.5) is 0 Å². The Morgan fingerprint density at radius 3 is 2.39 bits per heavy atom. The first kappa shape index (κ1) is 21.2. The number of ether oxygens (including phenoxy) is 1. The van der Waals surface area contributed by atoms with E-state index in [1.807, 2.05) is 59.5 Å². The fourth-order valence-electron chi connectivity index (χ4n) is 3.99. The number of esters is 1. The third-order valence-corrected chi connectivity index (χ3v) is 5.90. The van der Waals surface area contributed by atoms with Crippen molar-refractivity contribution < 1.29 is 14.6 Å². The number of nitrogens with zero attached hydrogens (tertiary/aromatic N) is 2. The smallest absolute Gasteiger partial charge is 0.341 e. The summed E-state index contributed by atoms with van der Waals surface area (Å²) in [5.74, 6) is -0.541. The van der Waals surface area contributed by atoms with Gasteiger partial charge in [-0.25, -0.2) is 9.79 Å². The second kappa shape index (κ2) is 8.61. The summed E-state index contributed by atoms with van der Waals surface area (Å²) < 4.78 is 5.22. The number of carbonyl (C=O) groups excluding carboxylic acids is 1. The Kier molecular flexibility index (Phi) is 5.90. The van der Waals surface area contributed by atoms with Gasteiger partial charge in [0.15, 0.2) is 0 Å². The van der Waals surface area contributed by atoms with E-state index in [0.717, 1.165) is 5.56 Å². The Labute approximate surface area is 190 Å². The molecule has 0 aromatic heterocycles. The SMILES string of the molecule is COC(=O)[C@]1(c2ccccc2)N=CN(Cc2ccc(Cl)cc2)[C@H]1c1ccc(Cl)cc1O. The summed E-state index contributed by atoms with van der Waals surface area (Å²) in [6.07, 6.45) is 1.64. The summed E-state index contributed by atoms with van der Waals surface area (Å²) >= 11 is 12.1. The van der Waals surface area contributed by atoms with Crippen molar-refractivity contribution in [1.29, 1.82) is 0 Å². The minimum Gasteiger partial charge on any atom is -0.508 e. The van der Waals surface area contributed by atoms with Crippen LogP contribution < -0.4 is 0 Å². The normalized spacial score (nSPS) is 20.1. The number of aliphatic imine (C=N–C) groups is 1. The number of hydrogen-bond donors (Lipinski definition) is 1. The van der Waals surface area contributed by atoms with Gasteiger partial charge in [-0.15, -0.1) is 0 Å². The fourth-order valence-corrected chi connectivity index (χ4v) is 4.28. The number of aromatic hydroxyl groups is 1. The molecule has 0 unspecified atom stereocenters. The highest BCUT2D eigenvalue weighted by molar-refractivity contribution is 6.31. The van der Waals surface area contributed by atoms with Gasteiger partial charge < -0.3 is 14.7 Å². The molecule has 1 aliphatic heterocycles. The topological polar surface area (TPSA) is 62.1 Å². The molecule has 0 saturated carbocycles. The van der Waals surface area contributed by atoms with Gasteiger partial charge in [0, 0.05) is 22.2 Å². The van der Waals surface area contributed by atoms with Gasteiger partial charge in [-0.3, -0.25) is 0 Å². The van der Waals surface area contributed by atoms with E-state index in [4.69, 9.17) is 27.9 Å². The minimum absolute atomic E-state index is 0.0201. The lowest BCUT2D eigenvalue weighted by Gasteiger charge is -2.36. The second-order valence-corrected chi connectivity index (χ2v) is 8.15. The maximum absolute atomic E-state index is 13.3. The molecule has 31 heavy (non-hydrogen) atoms. The van der Waals surface area contributed by atoms with Crippen LogP contribution in [0.25, 0.3) is 0 Å². The van der Waals surface area contributed by atoms with Crippen molar-refractivity contribution in [3.63, 3.8) is 0 Å². The summed E-state index contributed by atoms with van der Waals surface area (Å²) in [4.78, 5) is 19.8. The lowest BCUT2D eigenvalue weighted by Crippen LogP contribution is -2.43. The largest absolute Gasteiger partial charge is 0.508 e. The van der Waals surface area contributed by atoms with E-state index in [1.54, 1.807) is 18.5 Å². The molecule has 158 valence electrons. The molecule has 7 heteroatoms. The highest BCUT2D eigenvalue weighted by Crippen LogP contribution is 2.49. The Bertz CT molecular complexity index is 1120. The van der Waals surface area contributed by atoms with Crippen molar-refractivity contribution in [3.8, 4) is 5.75 Å². The zero-order chi connectivity index (χ0) is 22.0. The van der Waals surface area contributed by atoms with E-state index < -0.39 is 17.6 Å². The molecule has 0 radical (unpaired) electrons. The highest BCUT2D eigenvalue weighted by atomic mass is 35.5. The Balaban J connectivity index is 1.88. The van der Waals surface area contributed by atoms with Crippen molar-refractivity contribution in [2.24, 2.45) is 4.99 Å². The first-order chi connectivity index (χ1) is 15.0. The number of carbonyl (C=O) groups is 1. The summed E-state index contributed by atoms with van der Waals surface area (Å²) in [7, 11) is 1.34. The van der Waals surface area contributed by atoms with Crippen molar-refractivity contribution in [2.45, 2.75) is 18.1 Å². The second-order valence-electron chi connectivity index (χ2n) is 7.27. The molecule has 0 fully saturated rings. The molecule has 0 spiro atoms. The quantitative estimate of drug-likeness (QED) is 0.527. The number of rotatable bonds is 5. The van der Waals surface area contributed by atoms with E-state index in [0.29, 0.717) is 27.7 Å². The molecular weight excluding hydrogens is 435 g/mol. The van der Waals surface area contributed by atoms with Gasteiger partial charge in [0.2, 0.25) is 5.54 Å². The molecule has 3 aromatic carbocycles. The van der Waals surface area contributed by atoms with Gasteiger partial charge >= 0.3 is 5.97 Å².